The maximum atomic E-state index is 6.41. The SMILES string of the molecule is ClC1=C(c2ccccc2)SC(c2ccccc2)=C(Cl)C1. The lowest BCUT2D eigenvalue weighted by Gasteiger charge is -2.20. The maximum Gasteiger partial charge on any atom is 0.0379 e. The molecule has 0 aromatic heterocycles. The van der Waals surface area contributed by atoms with Gasteiger partial charge in [-0.05, 0) is 11.1 Å². The molecule has 1 aliphatic rings. The monoisotopic (exact) mass is 318 g/mol. The number of benzene rings is 2. The third kappa shape index (κ3) is 2.80. The van der Waals surface area contributed by atoms with Gasteiger partial charge in [0.05, 0.1) is 0 Å². The lowest BCUT2D eigenvalue weighted by molar-refractivity contribution is 1.33. The normalized spacial score (nSPS) is 15.7. The lowest BCUT2D eigenvalue weighted by atomic mass is 10.1. The summed E-state index contributed by atoms with van der Waals surface area (Å²) >= 11 is 14.5. The van der Waals surface area contributed by atoms with Crippen LogP contribution in [0, 0.1) is 0 Å². The van der Waals surface area contributed by atoms with E-state index in [0.29, 0.717) is 6.42 Å². The number of rotatable bonds is 2. The molecule has 0 radical (unpaired) electrons. The van der Waals surface area contributed by atoms with Crippen molar-refractivity contribution in [1.29, 1.82) is 0 Å². The first-order valence-corrected chi connectivity index (χ1v) is 7.89. The first-order chi connectivity index (χ1) is 9.75. The van der Waals surface area contributed by atoms with Crippen LogP contribution in [0.25, 0.3) is 9.81 Å². The van der Waals surface area contributed by atoms with Gasteiger partial charge >= 0.3 is 0 Å². The van der Waals surface area contributed by atoms with E-state index in [-0.39, 0.29) is 0 Å². The molecule has 0 unspecified atom stereocenters. The predicted molar refractivity (Wildman–Crippen MR) is 90.6 cm³/mol. The van der Waals surface area contributed by atoms with Crippen molar-refractivity contribution in [2.45, 2.75) is 6.42 Å². The number of halogens is 2. The smallest absolute Gasteiger partial charge is 0.0379 e. The Labute approximate surface area is 133 Å². The zero-order chi connectivity index (χ0) is 13.9. The summed E-state index contributed by atoms with van der Waals surface area (Å²) in [6.45, 7) is 0. The molecule has 0 amide bonds. The van der Waals surface area contributed by atoms with Crippen molar-refractivity contribution in [3.63, 3.8) is 0 Å². The van der Waals surface area contributed by atoms with E-state index in [1.807, 2.05) is 36.4 Å². The highest BCUT2D eigenvalue weighted by molar-refractivity contribution is 8.16. The van der Waals surface area contributed by atoms with E-state index in [2.05, 4.69) is 24.3 Å². The van der Waals surface area contributed by atoms with Gasteiger partial charge in [-0.25, -0.2) is 0 Å². The molecule has 0 fully saturated rings. The fraction of sp³-hybridized carbons (Fsp3) is 0.0588. The predicted octanol–water partition coefficient (Wildman–Crippen LogP) is 6.34. The van der Waals surface area contributed by atoms with Gasteiger partial charge in [-0.3, -0.25) is 0 Å². The Kier molecular flexibility index (Phi) is 4.21. The molecule has 0 saturated carbocycles. The average Bonchev–Trinajstić information content (AvgIpc) is 2.49. The number of hydrogen-bond donors (Lipinski definition) is 0. The Morgan fingerprint density at radius 1 is 0.650 bits per heavy atom. The molecule has 2 aromatic carbocycles. The fourth-order valence-corrected chi connectivity index (χ4v) is 3.98. The van der Waals surface area contributed by atoms with Crippen LogP contribution in [0.4, 0.5) is 0 Å². The molecule has 0 aliphatic carbocycles. The molecule has 0 spiro atoms. The minimum atomic E-state index is 0.602. The molecule has 3 rings (SSSR count). The van der Waals surface area contributed by atoms with Crippen LogP contribution in [0.1, 0.15) is 17.5 Å². The van der Waals surface area contributed by atoms with E-state index in [9.17, 15) is 0 Å². The highest BCUT2D eigenvalue weighted by atomic mass is 35.5. The summed E-state index contributed by atoms with van der Waals surface area (Å²) in [5.74, 6) is 0. The summed E-state index contributed by atoms with van der Waals surface area (Å²) in [6.07, 6.45) is 0.602. The molecule has 0 N–H and O–H groups in total. The van der Waals surface area contributed by atoms with Crippen LogP contribution >= 0.6 is 35.0 Å². The maximum absolute atomic E-state index is 6.41. The molecule has 0 atom stereocenters. The van der Waals surface area contributed by atoms with E-state index in [1.54, 1.807) is 11.8 Å². The average molecular weight is 319 g/mol. The van der Waals surface area contributed by atoms with Gasteiger partial charge in [0.15, 0.2) is 0 Å². The van der Waals surface area contributed by atoms with Gasteiger partial charge in [0.25, 0.3) is 0 Å². The van der Waals surface area contributed by atoms with Gasteiger partial charge < -0.3 is 0 Å². The summed E-state index contributed by atoms with van der Waals surface area (Å²) in [5.41, 5.74) is 2.28. The summed E-state index contributed by atoms with van der Waals surface area (Å²) < 4.78 is 0. The first kappa shape index (κ1) is 13.8. The lowest BCUT2D eigenvalue weighted by Crippen LogP contribution is -1.94. The third-order valence-electron chi connectivity index (χ3n) is 3.08. The van der Waals surface area contributed by atoms with Gasteiger partial charge in [0.2, 0.25) is 0 Å². The molecule has 2 aromatic rings. The second-order valence-corrected chi connectivity index (χ2v) is 6.41. The third-order valence-corrected chi connectivity index (χ3v) is 5.32. The second kappa shape index (κ2) is 6.09. The van der Waals surface area contributed by atoms with E-state index < -0.39 is 0 Å². The van der Waals surface area contributed by atoms with Crippen molar-refractivity contribution in [1.82, 2.24) is 0 Å². The van der Waals surface area contributed by atoms with E-state index >= 15 is 0 Å². The van der Waals surface area contributed by atoms with Crippen molar-refractivity contribution in [3.05, 3.63) is 81.9 Å². The van der Waals surface area contributed by atoms with Crippen molar-refractivity contribution in [3.8, 4) is 0 Å². The summed E-state index contributed by atoms with van der Waals surface area (Å²) in [7, 11) is 0. The Balaban J connectivity index is 1.99. The van der Waals surface area contributed by atoms with Gasteiger partial charge in [0.1, 0.15) is 0 Å². The van der Waals surface area contributed by atoms with Crippen LogP contribution in [0.2, 0.25) is 0 Å². The highest BCUT2D eigenvalue weighted by Crippen LogP contribution is 2.50. The fourth-order valence-electron chi connectivity index (χ4n) is 2.12. The van der Waals surface area contributed by atoms with Gasteiger partial charge in [-0.2, -0.15) is 0 Å². The molecular weight excluding hydrogens is 307 g/mol. The number of thioether (sulfide) groups is 1. The minimum absolute atomic E-state index is 0.602. The van der Waals surface area contributed by atoms with Crippen LogP contribution in [0.5, 0.6) is 0 Å². The Hall–Kier alpha value is -1.15. The molecule has 0 nitrogen and oxygen atoms in total. The molecular formula is C17H12Cl2S. The Morgan fingerprint density at radius 2 is 1.05 bits per heavy atom. The Morgan fingerprint density at radius 3 is 1.45 bits per heavy atom. The standard InChI is InChI=1S/C17H12Cl2S/c18-14-11-15(19)17(13-9-5-2-6-10-13)20-16(14)12-7-3-1-4-8-12/h1-10H,11H2. The zero-order valence-corrected chi connectivity index (χ0v) is 13.0. The largest absolute Gasteiger partial charge is 0.0875 e. The molecule has 20 heavy (non-hydrogen) atoms. The van der Waals surface area contributed by atoms with Crippen molar-refractivity contribution < 1.29 is 0 Å². The molecule has 0 saturated heterocycles. The minimum Gasteiger partial charge on any atom is -0.0875 e. The van der Waals surface area contributed by atoms with Crippen molar-refractivity contribution in [2.24, 2.45) is 0 Å². The first-order valence-electron chi connectivity index (χ1n) is 6.31. The van der Waals surface area contributed by atoms with Crippen LogP contribution in [-0.4, -0.2) is 0 Å². The summed E-state index contributed by atoms with van der Waals surface area (Å²) in [6, 6.07) is 20.4. The zero-order valence-electron chi connectivity index (χ0n) is 10.6. The van der Waals surface area contributed by atoms with Gasteiger partial charge in [-0.1, -0.05) is 95.6 Å². The van der Waals surface area contributed by atoms with Crippen molar-refractivity contribution >= 4 is 44.8 Å². The number of hydrogen-bond acceptors (Lipinski definition) is 1. The number of allylic oxidation sites excluding steroid dienone is 2. The van der Waals surface area contributed by atoms with Gasteiger partial charge in [-0.15, -0.1) is 0 Å². The molecule has 3 heteroatoms. The molecule has 1 aliphatic heterocycles. The summed E-state index contributed by atoms with van der Waals surface area (Å²) in [4.78, 5) is 2.19. The topological polar surface area (TPSA) is 0 Å². The quantitative estimate of drug-likeness (QED) is 0.622. The van der Waals surface area contributed by atoms with E-state index in [4.69, 9.17) is 23.2 Å². The summed E-state index contributed by atoms with van der Waals surface area (Å²) in [5, 5.41) is 1.62. The van der Waals surface area contributed by atoms with Crippen LogP contribution < -0.4 is 0 Å². The molecule has 0 bridgehead atoms. The van der Waals surface area contributed by atoms with Crippen molar-refractivity contribution in [2.75, 3.05) is 0 Å². The van der Waals surface area contributed by atoms with Gasteiger partial charge in [0, 0.05) is 26.3 Å². The molecule has 100 valence electrons. The highest BCUT2D eigenvalue weighted by Gasteiger charge is 2.21. The molecule has 1 heterocycles. The van der Waals surface area contributed by atoms with E-state index in [0.717, 1.165) is 31.0 Å². The van der Waals surface area contributed by atoms with Crippen LogP contribution in [0.15, 0.2) is 70.7 Å². The van der Waals surface area contributed by atoms with Crippen LogP contribution in [0.3, 0.4) is 0 Å². The van der Waals surface area contributed by atoms with Crippen LogP contribution in [-0.2, 0) is 0 Å². The second-order valence-electron chi connectivity index (χ2n) is 4.48. The Bertz CT molecular complexity index is 613. The van der Waals surface area contributed by atoms with E-state index in [1.165, 1.54) is 0 Å².